The standard InChI is InChI=1S/C10H20N2O/c1-5-9(4)12-10(13)6-7-11-8(2)3/h5,8-9,11H,1,6-7H2,2-4H3,(H,12,13). The maximum absolute atomic E-state index is 11.2. The molecule has 0 saturated carbocycles. The van der Waals surface area contributed by atoms with E-state index in [1.54, 1.807) is 6.08 Å². The third-order valence-electron chi connectivity index (χ3n) is 1.65. The molecule has 3 heteroatoms. The van der Waals surface area contributed by atoms with Crippen LogP contribution in [0.3, 0.4) is 0 Å². The largest absolute Gasteiger partial charge is 0.350 e. The van der Waals surface area contributed by atoms with E-state index in [1.165, 1.54) is 0 Å². The van der Waals surface area contributed by atoms with Gasteiger partial charge in [-0.3, -0.25) is 4.79 Å². The van der Waals surface area contributed by atoms with Gasteiger partial charge in [-0.2, -0.15) is 0 Å². The van der Waals surface area contributed by atoms with Crippen LogP contribution in [0, 0.1) is 0 Å². The van der Waals surface area contributed by atoms with E-state index in [2.05, 4.69) is 31.1 Å². The van der Waals surface area contributed by atoms with E-state index in [0.29, 0.717) is 12.5 Å². The van der Waals surface area contributed by atoms with Crippen LogP contribution in [0.25, 0.3) is 0 Å². The summed E-state index contributed by atoms with van der Waals surface area (Å²) in [6.07, 6.45) is 2.24. The summed E-state index contributed by atoms with van der Waals surface area (Å²) in [7, 11) is 0. The zero-order valence-electron chi connectivity index (χ0n) is 8.76. The lowest BCUT2D eigenvalue weighted by Gasteiger charge is -2.10. The van der Waals surface area contributed by atoms with Crippen molar-refractivity contribution in [1.82, 2.24) is 10.6 Å². The number of amides is 1. The van der Waals surface area contributed by atoms with Crippen molar-refractivity contribution in [2.24, 2.45) is 0 Å². The number of rotatable bonds is 6. The molecule has 2 N–H and O–H groups in total. The Morgan fingerprint density at radius 1 is 1.46 bits per heavy atom. The first-order valence-electron chi connectivity index (χ1n) is 4.71. The molecule has 0 saturated heterocycles. The van der Waals surface area contributed by atoms with Crippen molar-refractivity contribution >= 4 is 5.91 Å². The Morgan fingerprint density at radius 2 is 2.08 bits per heavy atom. The second kappa shape index (κ2) is 6.66. The second-order valence-corrected chi connectivity index (χ2v) is 3.45. The highest BCUT2D eigenvalue weighted by atomic mass is 16.1. The van der Waals surface area contributed by atoms with Gasteiger partial charge < -0.3 is 10.6 Å². The molecule has 0 heterocycles. The van der Waals surface area contributed by atoms with Gasteiger partial charge in [-0.1, -0.05) is 19.9 Å². The lowest BCUT2D eigenvalue weighted by molar-refractivity contribution is -0.121. The summed E-state index contributed by atoms with van der Waals surface area (Å²) in [5.74, 6) is 0.0700. The van der Waals surface area contributed by atoms with Crippen molar-refractivity contribution in [2.75, 3.05) is 6.54 Å². The molecule has 0 radical (unpaired) electrons. The number of carbonyl (C=O) groups excluding carboxylic acids is 1. The van der Waals surface area contributed by atoms with Crippen LogP contribution in [0.2, 0.25) is 0 Å². The van der Waals surface area contributed by atoms with Crippen LogP contribution >= 0.6 is 0 Å². The van der Waals surface area contributed by atoms with Crippen molar-refractivity contribution in [3.05, 3.63) is 12.7 Å². The summed E-state index contributed by atoms with van der Waals surface area (Å²) < 4.78 is 0. The molecule has 0 bridgehead atoms. The first kappa shape index (κ1) is 12.2. The zero-order valence-corrected chi connectivity index (χ0v) is 8.76. The average Bonchev–Trinajstić information content (AvgIpc) is 2.03. The van der Waals surface area contributed by atoms with Crippen LogP contribution in [-0.2, 0) is 4.79 Å². The molecule has 1 unspecified atom stereocenters. The number of carbonyl (C=O) groups is 1. The summed E-state index contributed by atoms with van der Waals surface area (Å²) in [6, 6.07) is 0.496. The van der Waals surface area contributed by atoms with Crippen LogP contribution in [0.15, 0.2) is 12.7 Å². The minimum Gasteiger partial charge on any atom is -0.350 e. The van der Waals surface area contributed by atoms with Crippen molar-refractivity contribution in [3.63, 3.8) is 0 Å². The smallest absolute Gasteiger partial charge is 0.221 e. The average molecular weight is 184 g/mol. The van der Waals surface area contributed by atoms with Crippen molar-refractivity contribution in [1.29, 1.82) is 0 Å². The third kappa shape index (κ3) is 7.53. The first-order valence-corrected chi connectivity index (χ1v) is 4.71. The van der Waals surface area contributed by atoms with Gasteiger partial charge >= 0.3 is 0 Å². The van der Waals surface area contributed by atoms with Crippen LogP contribution in [0.1, 0.15) is 27.2 Å². The highest BCUT2D eigenvalue weighted by molar-refractivity contribution is 5.76. The molecule has 0 aromatic carbocycles. The molecule has 0 rings (SSSR count). The molecule has 1 amide bonds. The SMILES string of the molecule is C=CC(C)NC(=O)CCNC(C)C. The minimum absolute atomic E-state index is 0.0616. The number of nitrogens with one attached hydrogen (secondary N) is 2. The Labute approximate surface area is 80.6 Å². The molecule has 0 aromatic heterocycles. The van der Waals surface area contributed by atoms with E-state index in [1.807, 2.05) is 6.92 Å². The van der Waals surface area contributed by atoms with Gasteiger partial charge in [-0.25, -0.2) is 0 Å². The lowest BCUT2D eigenvalue weighted by Crippen LogP contribution is -2.34. The van der Waals surface area contributed by atoms with E-state index < -0.39 is 0 Å². The number of hydrogen-bond donors (Lipinski definition) is 2. The van der Waals surface area contributed by atoms with Crippen LogP contribution < -0.4 is 10.6 Å². The molecule has 3 nitrogen and oxygen atoms in total. The van der Waals surface area contributed by atoms with E-state index in [9.17, 15) is 4.79 Å². The summed E-state index contributed by atoms with van der Waals surface area (Å²) in [6.45, 7) is 10.3. The number of hydrogen-bond acceptors (Lipinski definition) is 2. The predicted molar refractivity (Wildman–Crippen MR) is 55.6 cm³/mol. The van der Waals surface area contributed by atoms with Gasteiger partial charge in [0.15, 0.2) is 0 Å². The monoisotopic (exact) mass is 184 g/mol. The summed E-state index contributed by atoms with van der Waals surface area (Å²) in [5, 5.41) is 5.99. The molecular weight excluding hydrogens is 164 g/mol. The Hall–Kier alpha value is -0.830. The van der Waals surface area contributed by atoms with Gasteiger partial charge in [0, 0.05) is 25.0 Å². The maximum Gasteiger partial charge on any atom is 0.221 e. The van der Waals surface area contributed by atoms with Crippen molar-refractivity contribution in [3.8, 4) is 0 Å². The van der Waals surface area contributed by atoms with Crippen LogP contribution in [0.5, 0.6) is 0 Å². The van der Waals surface area contributed by atoms with Gasteiger partial charge in [0.1, 0.15) is 0 Å². The predicted octanol–water partition coefficient (Wildman–Crippen LogP) is 1.07. The molecular formula is C10H20N2O. The Balaban J connectivity index is 3.46. The first-order chi connectivity index (χ1) is 6.06. The van der Waals surface area contributed by atoms with Gasteiger partial charge in [0.25, 0.3) is 0 Å². The quantitative estimate of drug-likeness (QED) is 0.606. The molecule has 0 spiro atoms. The van der Waals surface area contributed by atoms with E-state index >= 15 is 0 Å². The molecule has 76 valence electrons. The molecule has 0 aromatic rings. The topological polar surface area (TPSA) is 41.1 Å². The van der Waals surface area contributed by atoms with Crippen LogP contribution in [-0.4, -0.2) is 24.5 Å². The van der Waals surface area contributed by atoms with E-state index in [4.69, 9.17) is 0 Å². The van der Waals surface area contributed by atoms with Crippen LogP contribution in [0.4, 0.5) is 0 Å². The summed E-state index contributed by atoms with van der Waals surface area (Å²) >= 11 is 0. The molecule has 0 aliphatic rings. The van der Waals surface area contributed by atoms with E-state index in [0.717, 1.165) is 6.54 Å². The fourth-order valence-corrected chi connectivity index (χ4v) is 0.859. The Morgan fingerprint density at radius 3 is 2.54 bits per heavy atom. The highest BCUT2D eigenvalue weighted by Crippen LogP contribution is 1.85. The molecule has 0 fully saturated rings. The molecule has 1 atom stereocenters. The minimum atomic E-state index is 0.0616. The Bertz CT molecular complexity index is 166. The summed E-state index contributed by atoms with van der Waals surface area (Å²) in [5.41, 5.74) is 0. The second-order valence-electron chi connectivity index (χ2n) is 3.45. The van der Waals surface area contributed by atoms with Crippen molar-refractivity contribution in [2.45, 2.75) is 39.3 Å². The zero-order chi connectivity index (χ0) is 10.3. The lowest BCUT2D eigenvalue weighted by atomic mass is 10.3. The molecule has 0 aliphatic heterocycles. The highest BCUT2D eigenvalue weighted by Gasteiger charge is 2.03. The van der Waals surface area contributed by atoms with Gasteiger partial charge in [-0.15, -0.1) is 6.58 Å². The Kier molecular flexibility index (Phi) is 6.24. The fraction of sp³-hybridized carbons (Fsp3) is 0.700. The molecule has 0 aliphatic carbocycles. The summed E-state index contributed by atoms with van der Waals surface area (Å²) in [4.78, 5) is 11.2. The van der Waals surface area contributed by atoms with Gasteiger partial charge in [-0.05, 0) is 6.92 Å². The van der Waals surface area contributed by atoms with Gasteiger partial charge in [0.2, 0.25) is 5.91 Å². The third-order valence-corrected chi connectivity index (χ3v) is 1.65. The molecule has 13 heavy (non-hydrogen) atoms. The maximum atomic E-state index is 11.2. The normalized spacial score (nSPS) is 12.6. The van der Waals surface area contributed by atoms with Gasteiger partial charge in [0.05, 0.1) is 0 Å². The fourth-order valence-electron chi connectivity index (χ4n) is 0.859. The van der Waals surface area contributed by atoms with E-state index in [-0.39, 0.29) is 11.9 Å². The van der Waals surface area contributed by atoms with Crippen molar-refractivity contribution < 1.29 is 4.79 Å².